The summed E-state index contributed by atoms with van der Waals surface area (Å²) in [6.45, 7) is 5.05. The maximum Gasteiger partial charge on any atom is 0.325 e. The fourth-order valence-corrected chi connectivity index (χ4v) is 3.26. The maximum absolute atomic E-state index is 12.2. The zero-order valence-electron chi connectivity index (χ0n) is 16.9. The van der Waals surface area contributed by atoms with Crippen LogP contribution >= 0.6 is 0 Å². The van der Waals surface area contributed by atoms with Crippen molar-refractivity contribution in [3.8, 4) is 5.75 Å². The van der Waals surface area contributed by atoms with Crippen molar-refractivity contribution in [1.82, 2.24) is 15.6 Å². The van der Waals surface area contributed by atoms with Crippen molar-refractivity contribution in [2.75, 3.05) is 13.7 Å². The lowest BCUT2D eigenvalue weighted by molar-refractivity contribution is -0.130. The summed E-state index contributed by atoms with van der Waals surface area (Å²) in [5.41, 5.74) is 3.06. The number of benzene rings is 2. The quantitative estimate of drug-likeness (QED) is 0.445. The molecule has 2 aromatic rings. The molecule has 29 heavy (non-hydrogen) atoms. The minimum absolute atomic E-state index is 0.0000356. The number of ether oxygens (including phenoxy) is 1. The van der Waals surface area contributed by atoms with Crippen molar-refractivity contribution < 1.29 is 19.1 Å². The van der Waals surface area contributed by atoms with Crippen LogP contribution in [0, 0.1) is 0 Å². The molecular weight excluding hydrogens is 372 g/mol. The number of rotatable bonds is 6. The lowest BCUT2D eigenvalue weighted by atomic mass is 10.0. The van der Waals surface area contributed by atoms with E-state index in [4.69, 9.17) is 4.74 Å². The van der Waals surface area contributed by atoms with Gasteiger partial charge in [-0.3, -0.25) is 14.5 Å². The van der Waals surface area contributed by atoms with Gasteiger partial charge in [0.25, 0.3) is 5.91 Å². The van der Waals surface area contributed by atoms with Gasteiger partial charge in [0.15, 0.2) is 0 Å². The van der Waals surface area contributed by atoms with Crippen LogP contribution in [0.5, 0.6) is 5.75 Å². The number of methoxy groups -OCH3 is 1. The van der Waals surface area contributed by atoms with Crippen molar-refractivity contribution >= 4 is 34.3 Å². The molecule has 1 saturated heterocycles. The second-order valence-electron chi connectivity index (χ2n) is 7.36. The van der Waals surface area contributed by atoms with Gasteiger partial charge in [-0.05, 0) is 38.3 Å². The molecule has 4 amide bonds. The van der Waals surface area contributed by atoms with E-state index in [1.807, 2.05) is 36.4 Å². The summed E-state index contributed by atoms with van der Waals surface area (Å²) in [6, 6.07) is 11.0. The summed E-state index contributed by atoms with van der Waals surface area (Å²) in [5.74, 6) is 0.0322. The standard InChI is InChI=1S/C21H24N4O4/c1-13(14-9-10-17(29-4)16-8-6-5-7-15(14)16)23-24-18(26)11-12-25-19(27)21(2,3)22-20(25)28/h5-10H,11-12H2,1-4H3,(H,22,28)(H,24,26)/b23-13-. The van der Waals surface area contributed by atoms with E-state index in [1.165, 1.54) is 0 Å². The summed E-state index contributed by atoms with van der Waals surface area (Å²) in [6.07, 6.45) is -0.0324. The van der Waals surface area contributed by atoms with E-state index in [-0.39, 0.29) is 24.8 Å². The molecule has 0 saturated carbocycles. The highest BCUT2D eigenvalue weighted by Gasteiger charge is 2.43. The number of imide groups is 1. The number of urea groups is 1. The summed E-state index contributed by atoms with van der Waals surface area (Å²) in [7, 11) is 1.62. The van der Waals surface area contributed by atoms with Crippen LogP contribution in [-0.4, -0.2) is 47.7 Å². The summed E-state index contributed by atoms with van der Waals surface area (Å²) >= 11 is 0. The second kappa shape index (κ2) is 7.90. The van der Waals surface area contributed by atoms with Gasteiger partial charge < -0.3 is 10.1 Å². The molecule has 0 aliphatic carbocycles. The van der Waals surface area contributed by atoms with Crippen LogP contribution in [0.3, 0.4) is 0 Å². The Morgan fingerprint density at radius 2 is 1.86 bits per heavy atom. The summed E-state index contributed by atoms with van der Waals surface area (Å²) < 4.78 is 5.40. The molecule has 1 fully saturated rings. The average molecular weight is 396 g/mol. The van der Waals surface area contributed by atoms with E-state index in [9.17, 15) is 14.4 Å². The van der Waals surface area contributed by atoms with E-state index < -0.39 is 11.6 Å². The molecule has 0 unspecified atom stereocenters. The molecule has 0 aromatic heterocycles. The van der Waals surface area contributed by atoms with Gasteiger partial charge in [0.05, 0.1) is 12.8 Å². The van der Waals surface area contributed by atoms with E-state index in [0.29, 0.717) is 5.71 Å². The van der Waals surface area contributed by atoms with Crippen molar-refractivity contribution in [1.29, 1.82) is 0 Å². The molecule has 8 heteroatoms. The van der Waals surface area contributed by atoms with Crippen LogP contribution in [-0.2, 0) is 9.59 Å². The molecule has 8 nitrogen and oxygen atoms in total. The number of carbonyl (C=O) groups is 3. The highest BCUT2D eigenvalue weighted by atomic mass is 16.5. The average Bonchev–Trinajstić information content (AvgIpc) is 2.90. The molecule has 2 aromatic carbocycles. The van der Waals surface area contributed by atoms with Gasteiger partial charge >= 0.3 is 6.03 Å². The molecule has 1 heterocycles. The van der Waals surface area contributed by atoms with Crippen LogP contribution in [0.1, 0.15) is 32.8 Å². The number of carbonyl (C=O) groups excluding carboxylic acids is 3. The Bertz CT molecular complexity index is 1010. The van der Waals surface area contributed by atoms with E-state index >= 15 is 0 Å². The topological polar surface area (TPSA) is 100 Å². The first kappa shape index (κ1) is 20.3. The number of amides is 4. The van der Waals surface area contributed by atoms with Crippen LogP contribution < -0.4 is 15.5 Å². The molecular formula is C21H24N4O4. The monoisotopic (exact) mass is 396 g/mol. The third kappa shape index (κ3) is 4.06. The Morgan fingerprint density at radius 1 is 1.17 bits per heavy atom. The highest BCUT2D eigenvalue weighted by Crippen LogP contribution is 2.28. The maximum atomic E-state index is 12.2. The fraction of sp³-hybridized carbons (Fsp3) is 0.333. The number of nitrogens with zero attached hydrogens (tertiary/aromatic N) is 2. The van der Waals surface area contributed by atoms with Gasteiger partial charge in [-0.25, -0.2) is 10.2 Å². The van der Waals surface area contributed by atoms with Gasteiger partial charge in [0.1, 0.15) is 11.3 Å². The molecule has 2 N–H and O–H groups in total. The number of fused-ring (bicyclic) bond motifs is 1. The third-order valence-corrected chi connectivity index (χ3v) is 4.85. The van der Waals surface area contributed by atoms with Crippen LogP contribution in [0.4, 0.5) is 4.79 Å². The Balaban J connectivity index is 1.68. The number of nitrogens with one attached hydrogen (secondary N) is 2. The fourth-order valence-electron chi connectivity index (χ4n) is 3.26. The third-order valence-electron chi connectivity index (χ3n) is 4.85. The zero-order chi connectivity index (χ0) is 21.2. The molecule has 152 valence electrons. The largest absolute Gasteiger partial charge is 0.496 e. The number of hydrogen-bond donors (Lipinski definition) is 2. The molecule has 1 aliphatic heterocycles. The van der Waals surface area contributed by atoms with Crippen molar-refractivity contribution in [2.24, 2.45) is 5.10 Å². The van der Waals surface area contributed by atoms with Crippen molar-refractivity contribution in [2.45, 2.75) is 32.7 Å². The van der Waals surface area contributed by atoms with Crippen LogP contribution in [0.25, 0.3) is 10.8 Å². The highest BCUT2D eigenvalue weighted by molar-refractivity contribution is 6.11. The molecule has 0 atom stereocenters. The van der Waals surface area contributed by atoms with Crippen molar-refractivity contribution in [3.63, 3.8) is 0 Å². The van der Waals surface area contributed by atoms with Gasteiger partial charge in [0, 0.05) is 23.9 Å². The van der Waals surface area contributed by atoms with Crippen LogP contribution in [0.15, 0.2) is 41.5 Å². The Hall–Kier alpha value is -3.42. The van der Waals surface area contributed by atoms with Crippen LogP contribution in [0.2, 0.25) is 0 Å². The van der Waals surface area contributed by atoms with E-state index in [1.54, 1.807) is 27.9 Å². The molecule has 0 spiro atoms. The lowest BCUT2D eigenvalue weighted by Gasteiger charge is -2.15. The predicted molar refractivity (Wildman–Crippen MR) is 110 cm³/mol. The summed E-state index contributed by atoms with van der Waals surface area (Å²) in [4.78, 5) is 37.2. The minimum atomic E-state index is -0.947. The first-order chi connectivity index (χ1) is 13.7. The van der Waals surface area contributed by atoms with E-state index in [0.717, 1.165) is 27.0 Å². The molecule has 0 bridgehead atoms. The second-order valence-corrected chi connectivity index (χ2v) is 7.36. The van der Waals surface area contributed by atoms with Gasteiger partial charge in [-0.1, -0.05) is 24.3 Å². The first-order valence-corrected chi connectivity index (χ1v) is 9.28. The number of hydrogen-bond acceptors (Lipinski definition) is 5. The lowest BCUT2D eigenvalue weighted by Crippen LogP contribution is -2.40. The Kier molecular flexibility index (Phi) is 5.54. The SMILES string of the molecule is COc1ccc(/C(C)=N\NC(=O)CCN2C(=O)NC(C)(C)C2=O)c2ccccc12. The molecule has 1 aliphatic rings. The summed E-state index contributed by atoms with van der Waals surface area (Å²) in [5, 5.41) is 8.68. The minimum Gasteiger partial charge on any atom is -0.496 e. The van der Waals surface area contributed by atoms with Crippen molar-refractivity contribution in [3.05, 3.63) is 42.0 Å². The zero-order valence-corrected chi connectivity index (χ0v) is 16.9. The predicted octanol–water partition coefficient (Wildman–Crippen LogP) is 2.41. The Morgan fingerprint density at radius 3 is 2.48 bits per heavy atom. The van der Waals surface area contributed by atoms with Gasteiger partial charge in [-0.2, -0.15) is 5.10 Å². The van der Waals surface area contributed by atoms with Gasteiger partial charge in [0.2, 0.25) is 5.91 Å². The smallest absolute Gasteiger partial charge is 0.325 e. The molecule has 0 radical (unpaired) electrons. The Labute approximate surface area is 168 Å². The first-order valence-electron chi connectivity index (χ1n) is 9.28. The molecule has 3 rings (SSSR count). The van der Waals surface area contributed by atoms with E-state index in [2.05, 4.69) is 15.8 Å². The number of hydrazone groups is 1. The van der Waals surface area contributed by atoms with Gasteiger partial charge in [-0.15, -0.1) is 0 Å². The normalized spacial score (nSPS) is 16.1.